The zero-order valence-corrected chi connectivity index (χ0v) is 11.9. The Morgan fingerprint density at radius 2 is 2.06 bits per heavy atom. The largest absolute Gasteiger partial charge is 0.495 e. The third-order valence-electron chi connectivity index (χ3n) is 3.11. The lowest BCUT2D eigenvalue weighted by Gasteiger charge is -2.20. The highest BCUT2D eigenvalue weighted by molar-refractivity contribution is 6.45. The van der Waals surface area contributed by atoms with E-state index in [1.807, 2.05) is 19.1 Å². The molecule has 0 atom stereocenters. The van der Waals surface area contributed by atoms with Gasteiger partial charge in [0.15, 0.2) is 5.78 Å². The molecular weight excluding hydrogens is 271 g/mol. The highest BCUT2D eigenvalue weighted by Gasteiger charge is 2.27. The highest BCUT2D eigenvalue weighted by Crippen LogP contribution is 2.40. The number of benzene rings is 1. The molecule has 2 nitrogen and oxygen atoms in total. The van der Waals surface area contributed by atoms with Crippen molar-refractivity contribution in [3.8, 4) is 5.75 Å². The number of aryl methyl sites for hydroxylation is 1. The second kappa shape index (κ2) is 5.33. The second-order valence-corrected chi connectivity index (χ2v) is 4.96. The number of hydrogen-bond donors (Lipinski definition) is 0. The number of fused-ring (bicyclic) bond motifs is 1. The average molecular weight is 285 g/mol. The summed E-state index contributed by atoms with van der Waals surface area (Å²) >= 11 is 12.3. The van der Waals surface area contributed by atoms with Crippen molar-refractivity contribution in [2.24, 2.45) is 0 Å². The molecule has 2 rings (SSSR count). The first-order valence-electron chi connectivity index (χ1n) is 5.88. The van der Waals surface area contributed by atoms with Gasteiger partial charge in [0.05, 0.1) is 12.1 Å². The van der Waals surface area contributed by atoms with E-state index in [4.69, 9.17) is 27.9 Å². The Morgan fingerprint density at radius 1 is 1.33 bits per heavy atom. The van der Waals surface area contributed by atoms with E-state index in [-0.39, 0.29) is 5.78 Å². The fourth-order valence-corrected chi connectivity index (χ4v) is 2.75. The van der Waals surface area contributed by atoms with E-state index < -0.39 is 0 Å². The summed E-state index contributed by atoms with van der Waals surface area (Å²) in [4.78, 5) is 12.3. The third-order valence-corrected chi connectivity index (χ3v) is 3.96. The molecule has 0 aliphatic heterocycles. The Bertz CT molecular complexity index is 533. The lowest BCUT2D eigenvalue weighted by atomic mass is 9.86. The Labute approximate surface area is 117 Å². The highest BCUT2D eigenvalue weighted by atomic mass is 35.5. The molecular formula is C14H14Cl2O2. The molecule has 96 valence electrons. The molecule has 4 heteroatoms. The summed E-state index contributed by atoms with van der Waals surface area (Å²) in [6.07, 6.45) is 4.35. The first kappa shape index (κ1) is 13.4. The second-order valence-electron chi connectivity index (χ2n) is 4.21. The standard InChI is InChI=1S/C14H14Cl2O2/c1-3-4-8-5-6-9-7-10(18-2)12(15)13(16)11(9)14(8)17/h4,7H,3,5-6H2,1-2H3. The topological polar surface area (TPSA) is 26.3 Å². The van der Waals surface area contributed by atoms with Crippen LogP contribution in [0.3, 0.4) is 0 Å². The number of halogens is 2. The molecule has 0 spiro atoms. The van der Waals surface area contributed by atoms with Crippen LogP contribution in [-0.4, -0.2) is 12.9 Å². The Morgan fingerprint density at radius 3 is 2.67 bits per heavy atom. The van der Waals surface area contributed by atoms with Gasteiger partial charge in [-0.15, -0.1) is 0 Å². The molecule has 1 aromatic carbocycles. The van der Waals surface area contributed by atoms with Gasteiger partial charge in [0.2, 0.25) is 0 Å². The molecule has 0 heterocycles. The number of methoxy groups -OCH3 is 1. The number of ketones is 1. The number of Topliss-reactive ketones (excluding diaryl/α,β-unsaturated/α-hetero) is 1. The maximum absolute atomic E-state index is 12.3. The van der Waals surface area contributed by atoms with Crippen LogP contribution in [0.2, 0.25) is 10.0 Å². The fraction of sp³-hybridized carbons (Fsp3) is 0.357. The van der Waals surface area contributed by atoms with Crippen molar-refractivity contribution in [1.29, 1.82) is 0 Å². The van der Waals surface area contributed by atoms with Crippen LogP contribution < -0.4 is 4.74 Å². The summed E-state index contributed by atoms with van der Waals surface area (Å²) in [7, 11) is 1.54. The van der Waals surface area contributed by atoms with Crippen molar-refractivity contribution in [2.45, 2.75) is 26.2 Å². The van der Waals surface area contributed by atoms with Gasteiger partial charge in [-0.25, -0.2) is 0 Å². The van der Waals surface area contributed by atoms with Crippen molar-refractivity contribution in [3.63, 3.8) is 0 Å². The van der Waals surface area contributed by atoms with Gasteiger partial charge in [0.1, 0.15) is 10.8 Å². The SMILES string of the molecule is CCC=C1CCc2cc(OC)c(Cl)c(Cl)c2C1=O. The molecule has 0 saturated carbocycles. The molecule has 0 aromatic heterocycles. The zero-order valence-electron chi connectivity index (χ0n) is 10.3. The normalized spacial score (nSPS) is 16.9. The van der Waals surface area contributed by atoms with Crippen LogP contribution in [0.25, 0.3) is 0 Å². The number of allylic oxidation sites excluding steroid dienone is 2. The Hall–Kier alpha value is -0.990. The summed E-state index contributed by atoms with van der Waals surface area (Å²) in [5.74, 6) is 0.517. The lowest BCUT2D eigenvalue weighted by molar-refractivity contribution is 0.102. The predicted molar refractivity (Wildman–Crippen MR) is 74.0 cm³/mol. The summed E-state index contributed by atoms with van der Waals surface area (Å²) in [6, 6.07) is 1.81. The molecule has 1 aliphatic rings. The van der Waals surface area contributed by atoms with E-state index in [1.165, 1.54) is 7.11 Å². The van der Waals surface area contributed by atoms with E-state index in [1.54, 1.807) is 0 Å². The minimum atomic E-state index is -0.00680. The van der Waals surface area contributed by atoms with Gasteiger partial charge in [-0.05, 0) is 36.5 Å². The van der Waals surface area contributed by atoms with Crippen molar-refractivity contribution in [3.05, 3.63) is 38.9 Å². The Kier molecular flexibility index (Phi) is 3.98. The van der Waals surface area contributed by atoms with E-state index in [0.29, 0.717) is 21.4 Å². The van der Waals surface area contributed by atoms with Gasteiger partial charge >= 0.3 is 0 Å². The van der Waals surface area contributed by atoms with Crippen molar-refractivity contribution < 1.29 is 9.53 Å². The molecule has 0 bridgehead atoms. The number of carbonyl (C=O) groups is 1. The van der Waals surface area contributed by atoms with E-state index in [9.17, 15) is 4.79 Å². The molecule has 1 aliphatic carbocycles. The van der Waals surface area contributed by atoms with Gasteiger partial charge in [-0.3, -0.25) is 4.79 Å². The van der Waals surface area contributed by atoms with Gasteiger partial charge in [0.25, 0.3) is 0 Å². The van der Waals surface area contributed by atoms with Crippen LogP contribution in [0.15, 0.2) is 17.7 Å². The van der Waals surface area contributed by atoms with Gasteiger partial charge in [0, 0.05) is 5.56 Å². The molecule has 0 saturated heterocycles. The van der Waals surface area contributed by atoms with E-state index in [2.05, 4.69) is 0 Å². The number of carbonyl (C=O) groups excluding carboxylic acids is 1. The smallest absolute Gasteiger partial charge is 0.190 e. The number of hydrogen-bond acceptors (Lipinski definition) is 2. The fourth-order valence-electron chi connectivity index (χ4n) is 2.23. The van der Waals surface area contributed by atoms with Gasteiger partial charge in [-0.1, -0.05) is 36.2 Å². The lowest BCUT2D eigenvalue weighted by Crippen LogP contribution is -2.15. The van der Waals surface area contributed by atoms with E-state index >= 15 is 0 Å². The maximum atomic E-state index is 12.3. The number of ether oxygens (including phenoxy) is 1. The zero-order chi connectivity index (χ0) is 13.3. The summed E-state index contributed by atoms with van der Waals surface area (Å²) < 4.78 is 5.16. The minimum absolute atomic E-state index is 0.00680. The van der Waals surface area contributed by atoms with Gasteiger partial charge < -0.3 is 4.74 Å². The van der Waals surface area contributed by atoms with Crippen LogP contribution >= 0.6 is 23.2 Å². The molecule has 0 radical (unpaired) electrons. The van der Waals surface area contributed by atoms with E-state index in [0.717, 1.165) is 30.4 Å². The molecule has 0 amide bonds. The van der Waals surface area contributed by atoms with Crippen LogP contribution in [0, 0.1) is 0 Å². The first-order chi connectivity index (χ1) is 8.60. The third kappa shape index (κ3) is 2.15. The Balaban J connectivity index is 2.59. The van der Waals surface area contributed by atoms with Crippen molar-refractivity contribution in [1.82, 2.24) is 0 Å². The summed E-state index contributed by atoms with van der Waals surface area (Å²) in [5.41, 5.74) is 2.28. The predicted octanol–water partition coefficient (Wildman–Crippen LogP) is 4.47. The maximum Gasteiger partial charge on any atom is 0.190 e. The minimum Gasteiger partial charge on any atom is -0.495 e. The molecule has 0 N–H and O–H groups in total. The van der Waals surface area contributed by atoms with Crippen molar-refractivity contribution >= 4 is 29.0 Å². The van der Waals surface area contributed by atoms with Crippen LogP contribution in [-0.2, 0) is 6.42 Å². The first-order valence-corrected chi connectivity index (χ1v) is 6.64. The van der Waals surface area contributed by atoms with Crippen LogP contribution in [0.5, 0.6) is 5.75 Å². The van der Waals surface area contributed by atoms with Crippen LogP contribution in [0.1, 0.15) is 35.7 Å². The van der Waals surface area contributed by atoms with Gasteiger partial charge in [-0.2, -0.15) is 0 Å². The number of rotatable bonds is 2. The summed E-state index contributed by atoms with van der Waals surface area (Å²) in [6.45, 7) is 2.01. The summed E-state index contributed by atoms with van der Waals surface area (Å²) in [5, 5.41) is 0.613. The van der Waals surface area contributed by atoms with Crippen molar-refractivity contribution in [2.75, 3.05) is 7.11 Å². The average Bonchev–Trinajstić information content (AvgIpc) is 2.37. The monoisotopic (exact) mass is 284 g/mol. The molecule has 0 fully saturated rings. The molecule has 0 unspecified atom stereocenters. The quantitative estimate of drug-likeness (QED) is 0.749. The molecule has 1 aromatic rings. The molecule has 18 heavy (non-hydrogen) atoms. The van der Waals surface area contributed by atoms with Crippen LogP contribution in [0.4, 0.5) is 0 Å².